The maximum Gasteiger partial charge on any atom is 0.304 e. The average molecular weight is 152 g/mol. The summed E-state index contributed by atoms with van der Waals surface area (Å²) in [5, 5.41) is 8.62. The molecule has 0 amide bonds. The molecule has 0 saturated carbocycles. The summed E-state index contributed by atoms with van der Waals surface area (Å²) in [5.41, 5.74) is -1.24. The van der Waals surface area contributed by atoms with Crippen LogP contribution in [-0.2, 0) is 4.74 Å². The Morgan fingerprint density at radius 2 is 2.00 bits per heavy atom. The first-order chi connectivity index (χ1) is 4.38. The number of halogens is 2. The van der Waals surface area contributed by atoms with Crippen molar-refractivity contribution >= 4 is 0 Å². The molecule has 1 rings (SSSR count). The fraction of sp³-hybridized carbons (Fsp3) is 1.00. The Morgan fingerprint density at radius 3 is 2.10 bits per heavy atom. The normalized spacial score (nSPS) is 36.3. The van der Waals surface area contributed by atoms with Gasteiger partial charge in [-0.15, -0.1) is 0 Å². The van der Waals surface area contributed by atoms with E-state index in [0.29, 0.717) is 0 Å². The second-order valence-electron chi connectivity index (χ2n) is 3.17. The maximum atomic E-state index is 12.7. The van der Waals surface area contributed by atoms with Crippen LogP contribution >= 0.6 is 0 Å². The molecule has 0 aromatic heterocycles. The van der Waals surface area contributed by atoms with Crippen LogP contribution in [0.4, 0.5) is 8.78 Å². The standard InChI is InChI=1S/C6H10F2O2/c1-5(2)3-10-4(9)6(5,7)8/h4,9H,3H2,1-2H3. The van der Waals surface area contributed by atoms with Gasteiger partial charge in [-0.05, 0) is 0 Å². The predicted octanol–water partition coefficient (Wildman–Crippen LogP) is 0.996. The highest BCUT2D eigenvalue weighted by Gasteiger charge is 2.58. The molecule has 1 aliphatic heterocycles. The monoisotopic (exact) mass is 152 g/mol. The molecule has 1 N–H and O–H groups in total. The van der Waals surface area contributed by atoms with Crippen LogP contribution in [0, 0.1) is 5.41 Å². The smallest absolute Gasteiger partial charge is 0.304 e. The minimum absolute atomic E-state index is 0.0961. The van der Waals surface area contributed by atoms with Crippen LogP contribution in [-0.4, -0.2) is 23.9 Å². The number of alkyl halides is 2. The van der Waals surface area contributed by atoms with E-state index < -0.39 is 17.6 Å². The first-order valence-electron chi connectivity index (χ1n) is 3.05. The van der Waals surface area contributed by atoms with Crippen LogP contribution < -0.4 is 0 Å². The molecule has 1 fully saturated rings. The lowest BCUT2D eigenvalue weighted by atomic mass is 9.88. The topological polar surface area (TPSA) is 29.5 Å². The molecule has 0 aromatic rings. The summed E-state index contributed by atoms with van der Waals surface area (Å²) in [6.07, 6.45) is -1.93. The zero-order valence-corrected chi connectivity index (χ0v) is 5.90. The Kier molecular flexibility index (Phi) is 1.49. The molecule has 0 bridgehead atoms. The first kappa shape index (κ1) is 7.88. The van der Waals surface area contributed by atoms with Crippen LogP contribution in [0.3, 0.4) is 0 Å². The van der Waals surface area contributed by atoms with E-state index in [9.17, 15) is 8.78 Å². The number of aliphatic hydroxyl groups excluding tert-OH is 1. The lowest BCUT2D eigenvalue weighted by Crippen LogP contribution is -2.40. The van der Waals surface area contributed by atoms with E-state index in [1.807, 2.05) is 0 Å². The van der Waals surface area contributed by atoms with E-state index in [2.05, 4.69) is 4.74 Å². The molecular formula is C6H10F2O2. The Labute approximate surface area is 57.8 Å². The molecule has 10 heavy (non-hydrogen) atoms. The van der Waals surface area contributed by atoms with Gasteiger partial charge in [0, 0.05) is 0 Å². The van der Waals surface area contributed by atoms with E-state index in [1.54, 1.807) is 0 Å². The lowest BCUT2D eigenvalue weighted by molar-refractivity contribution is -0.197. The summed E-state index contributed by atoms with van der Waals surface area (Å²) in [6, 6.07) is 0. The van der Waals surface area contributed by atoms with Crippen molar-refractivity contribution in [3.05, 3.63) is 0 Å². The summed E-state index contributed by atoms with van der Waals surface area (Å²) in [5.74, 6) is -3.12. The van der Waals surface area contributed by atoms with Gasteiger partial charge in [0.25, 0.3) is 0 Å². The third-order valence-corrected chi connectivity index (χ3v) is 1.81. The van der Waals surface area contributed by atoms with Crippen LogP contribution in [0.1, 0.15) is 13.8 Å². The van der Waals surface area contributed by atoms with Gasteiger partial charge in [-0.2, -0.15) is 0 Å². The van der Waals surface area contributed by atoms with Gasteiger partial charge in [0.2, 0.25) is 6.29 Å². The highest BCUT2D eigenvalue weighted by molar-refractivity contribution is 4.92. The van der Waals surface area contributed by atoms with Gasteiger partial charge < -0.3 is 9.84 Å². The van der Waals surface area contributed by atoms with Crippen molar-refractivity contribution in [2.24, 2.45) is 5.41 Å². The Balaban J connectivity index is 2.84. The summed E-state index contributed by atoms with van der Waals surface area (Å²) in [4.78, 5) is 0. The van der Waals surface area contributed by atoms with Gasteiger partial charge >= 0.3 is 5.92 Å². The Hall–Kier alpha value is -0.220. The molecule has 60 valence electrons. The van der Waals surface area contributed by atoms with Gasteiger partial charge in [0.15, 0.2) is 0 Å². The van der Waals surface area contributed by atoms with Crippen LogP contribution in [0.2, 0.25) is 0 Å². The minimum Gasteiger partial charge on any atom is -0.363 e. The number of rotatable bonds is 0. The largest absolute Gasteiger partial charge is 0.363 e. The van der Waals surface area contributed by atoms with Crippen molar-refractivity contribution in [2.45, 2.75) is 26.1 Å². The van der Waals surface area contributed by atoms with Gasteiger partial charge in [0.1, 0.15) is 0 Å². The molecule has 1 unspecified atom stereocenters. The number of ether oxygens (including phenoxy) is 1. The highest BCUT2D eigenvalue weighted by Crippen LogP contribution is 2.44. The highest BCUT2D eigenvalue weighted by atomic mass is 19.3. The van der Waals surface area contributed by atoms with Crippen molar-refractivity contribution in [1.82, 2.24) is 0 Å². The maximum absolute atomic E-state index is 12.7. The summed E-state index contributed by atoms with van der Waals surface area (Å²) in [7, 11) is 0. The van der Waals surface area contributed by atoms with Gasteiger partial charge in [0.05, 0.1) is 12.0 Å². The second-order valence-corrected chi connectivity index (χ2v) is 3.17. The fourth-order valence-corrected chi connectivity index (χ4v) is 0.822. The zero-order valence-electron chi connectivity index (χ0n) is 5.90. The van der Waals surface area contributed by atoms with Crippen LogP contribution in [0.5, 0.6) is 0 Å². The zero-order chi connectivity index (χ0) is 7.99. The van der Waals surface area contributed by atoms with Crippen molar-refractivity contribution in [3.63, 3.8) is 0 Å². The van der Waals surface area contributed by atoms with Gasteiger partial charge in [-0.25, -0.2) is 8.78 Å². The molecule has 1 aliphatic rings. The van der Waals surface area contributed by atoms with Crippen LogP contribution in [0.15, 0.2) is 0 Å². The molecule has 2 nitrogen and oxygen atoms in total. The van der Waals surface area contributed by atoms with Crippen LogP contribution in [0.25, 0.3) is 0 Å². The fourth-order valence-electron chi connectivity index (χ4n) is 0.822. The number of hydrogen-bond acceptors (Lipinski definition) is 2. The van der Waals surface area contributed by atoms with Crippen molar-refractivity contribution in [3.8, 4) is 0 Å². The SMILES string of the molecule is CC1(C)COC(O)C1(F)F. The van der Waals surface area contributed by atoms with E-state index in [-0.39, 0.29) is 6.61 Å². The third-order valence-electron chi connectivity index (χ3n) is 1.81. The summed E-state index contributed by atoms with van der Waals surface area (Å²) < 4.78 is 29.9. The molecule has 1 saturated heterocycles. The van der Waals surface area contributed by atoms with E-state index in [4.69, 9.17) is 5.11 Å². The molecule has 1 heterocycles. The molecule has 4 heteroatoms. The van der Waals surface area contributed by atoms with Crippen molar-refractivity contribution < 1.29 is 18.6 Å². The van der Waals surface area contributed by atoms with E-state index in [1.165, 1.54) is 13.8 Å². The minimum atomic E-state index is -3.12. The average Bonchev–Trinajstić information content (AvgIpc) is 1.94. The molecule has 0 aromatic carbocycles. The van der Waals surface area contributed by atoms with E-state index >= 15 is 0 Å². The quantitative estimate of drug-likeness (QED) is 0.561. The first-order valence-corrected chi connectivity index (χ1v) is 3.05. The van der Waals surface area contributed by atoms with Crippen molar-refractivity contribution in [1.29, 1.82) is 0 Å². The molecule has 1 atom stereocenters. The molecule has 0 spiro atoms. The second kappa shape index (κ2) is 1.89. The number of aliphatic hydroxyl groups is 1. The van der Waals surface area contributed by atoms with Gasteiger partial charge in [-0.3, -0.25) is 0 Å². The lowest BCUT2D eigenvalue weighted by Gasteiger charge is -2.24. The Morgan fingerprint density at radius 1 is 1.50 bits per heavy atom. The number of hydrogen-bond donors (Lipinski definition) is 1. The molecule has 0 aliphatic carbocycles. The van der Waals surface area contributed by atoms with E-state index in [0.717, 1.165) is 0 Å². The Bertz CT molecular complexity index is 145. The molecular weight excluding hydrogens is 142 g/mol. The predicted molar refractivity (Wildman–Crippen MR) is 30.7 cm³/mol. The van der Waals surface area contributed by atoms with Gasteiger partial charge in [-0.1, -0.05) is 13.8 Å². The summed E-state index contributed by atoms with van der Waals surface area (Å²) in [6.45, 7) is 2.63. The molecule has 0 radical (unpaired) electrons. The van der Waals surface area contributed by atoms with Crippen molar-refractivity contribution in [2.75, 3.05) is 6.61 Å². The summed E-state index contributed by atoms with van der Waals surface area (Å²) >= 11 is 0. The third kappa shape index (κ3) is 0.828.